The predicted octanol–water partition coefficient (Wildman–Crippen LogP) is 3.01. The lowest BCUT2D eigenvalue weighted by atomic mass is 10.0. The average Bonchev–Trinajstić information content (AvgIpc) is 2.33. The van der Waals surface area contributed by atoms with E-state index in [2.05, 4.69) is 4.74 Å². The maximum absolute atomic E-state index is 11.7. The first-order valence-electron chi connectivity index (χ1n) is 5.62. The summed E-state index contributed by atoms with van der Waals surface area (Å²) < 4.78 is 44.1. The molecular weight excluding hydrogens is 247 g/mol. The fraction of sp³-hybridized carbons (Fsp3) is 0.500. The van der Waals surface area contributed by atoms with Gasteiger partial charge < -0.3 is 10.5 Å². The lowest BCUT2D eigenvalue weighted by Crippen LogP contribution is -2.19. The predicted molar refractivity (Wildman–Crippen MR) is 61.2 cm³/mol. The molecule has 2 N–H and O–H groups in total. The summed E-state index contributed by atoms with van der Waals surface area (Å²) in [7, 11) is 0. The quantitative estimate of drug-likeness (QED) is 0.802. The Balaban J connectivity index is 2.52. The van der Waals surface area contributed by atoms with E-state index in [1.165, 1.54) is 0 Å². The van der Waals surface area contributed by atoms with Gasteiger partial charge in [-0.15, -0.1) is 13.2 Å². The van der Waals surface area contributed by atoms with E-state index in [4.69, 9.17) is 10.5 Å². The fourth-order valence-corrected chi connectivity index (χ4v) is 1.45. The Morgan fingerprint density at radius 2 is 1.89 bits per heavy atom. The fourth-order valence-electron chi connectivity index (χ4n) is 1.45. The smallest absolute Gasteiger partial charge is 0.491 e. The van der Waals surface area contributed by atoms with E-state index in [-0.39, 0.29) is 12.6 Å². The van der Waals surface area contributed by atoms with E-state index >= 15 is 0 Å². The summed E-state index contributed by atoms with van der Waals surface area (Å²) in [4.78, 5) is 0. The van der Waals surface area contributed by atoms with Gasteiger partial charge in [-0.2, -0.15) is 0 Å². The van der Waals surface area contributed by atoms with Crippen LogP contribution in [0.4, 0.5) is 13.2 Å². The van der Waals surface area contributed by atoms with Crippen molar-refractivity contribution in [3.8, 4) is 5.75 Å². The number of alkyl halides is 3. The first kappa shape index (κ1) is 14.8. The number of rotatable bonds is 6. The maximum atomic E-state index is 11.7. The topological polar surface area (TPSA) is 44.5 Å². The van der Waals surface area contributed by atoms with Crippen molar-refractivity contribution in [3.63, 3.8) is 0 Å². The summed E-state index contributed by atoms with van der Waals surface area (Å²) in [6.45, 7) is 1.21. The Hall–Kier alpha value is -1.27. The van der Waals surface area contributed by atoms with Gasteiger partial charge in [0, 0.05) is 11.6 Å². The van der Waals surface area contributed by atoms with Gasteiger partial charge in [0.15, 0.2) is 0 Å². The maximum Gasteiger partial charge on any atom is 0.522 e. The highest BCUT2D eigenvalue weighted by Crippen LogP contribution is 2.25. The van der Waals surface area contributed by atoms with Gasteiger partial charge in [-0.05, 0) is 12.5 Å². The standard InChI is InChI=1S/C12H16F3NO2/c1-2-10(16)9-5-3-4-6-11(9)17-7-8-18-12(13,14)15/h3-6,10H,2,7-8,16H2,1H3. The number of halogens is 3. The summed E-state index contributed by atoms with van der Waals surface area (Å²) in [5.74, 6) is 0.498. The molecule has 1 atom stereocenters. The van der Waals surface area contributed by atoms with Crippen LogP contribution in [0.3, 0.4) is 0 Å². The minimum absolute atomic E-state index is 0.174. The second kappa shape index (κ2) is 6.61. The lowest BCUT2D eigenvalue weighted by molar-refractivity contribution is -0.325. The number of nitrogens with two attached hydrogens (primary N) is 1. The average molecular weight is 263 g/mol. The third kappa shape index (κ3) is 4.93. The second-order valence-corrected chi connectivity index (χ2v) is 3.70. The van der Waals surface area contributed by atoms with Gasteiger partial charge in [0.2, 0.25) is 0 Å². The molecule has 1 rings (SSSR count). The third-order valence-corrected chi connectivity index (χ3v) is 2.36. The summed E-state index contributed by atoms with van der Waals surface area (Å²) in [6, 6.07) is 6.84. The summed E-state index contributed by atoms with van der Waals surface area (Å²) in [6.07, 6.45) is -3.90. The van der Waals surface area contributed by atoms with Gasteiger partial charge >= 0.3 is 6.36 Å². The van der Waals surface area contributed by atoms with E-state index in [9.17, 15) is 13.2 Å². The van der Waals surface area contributed by atoms with Gasteiger partial charge in [0.25, 0.3) is 0 Å². The Labute approximate surface area is 104 Å². The highest BCUT2D eigenvalue weighted by atomic mass is 19.4. The lowest BCUT2D eigenvalue weighted by Gasteiger charge is -2.15. The van der Waals surface area contributed by atoms with Crippen molar-refractivity contribution in [1.82, 2.24) is 0 Å². The molecule has 0 bridgehead atoms. The number of hydrogen-bond donors (Lipinski definition) is 1. The third-order valence-electron chi connectivity index (χ3n) is 2.36. The molecule has 6 heteroatoms. The van der Waals surface area contributed by atoms with E-state index in [1.54, 1.807) is 18.2 Å². The van der Waals surface area contributed by atoms with Crippen LogP contribution in [0.5, 0.6) is 5.75 Å². The molecule has 18 heavy (non-hydrogen) atoms. The molecule has 3 nitrogen and oxygen atoms in total. The SMILES string of the molecule is CCC(N)c1ccccc1OCCOC(F)(F)F. The van der Waals surface area contributed by atoms with Crippen molar-refractivity contribution in [3.05, 3.63) is 29.8 Å². The number of ether oxygens (including phenoxy) is 2. The van der Waals surface area contributed by atoms with E-state index in [0.29, 0.717) is 5.75 Å². The number of para-hydroxylation sites is 1. The molecule has 0 saturated heterocycles. The van der Waals surface area contributed by atoms with Crippen molar-refractivity contribution in [2.75, 3.05) is 13.2 Å². The molecule has 0 aromatic heterocycles. The van der Waals surface area contributed by atoms with E-state index in [0.717, 1.165) is 12.0 Å². The molecule has 0 spiro atoms. The van der Waals surface area contributed by atoms with Gasteiger partial charge in [0.1, 0.15) is 12.4 Å². The van der Waals surface area contributed by atoms with E-state index in [1.807, 2.05) is 13.0 Å². The number of benzene rings is 1. The molecule has 0 aliphatic carbocycles. The van der Waals surface area contributed by atoms with Crippen LogP contribution >= 0.6 is 0 Å². The molecular formula is C12H16F3NO2. The zero-order valence-corrected chi connectivity index (χ0v) is 10.0. The van der Waals surface area contributed by atoms with Crippen LogP contribution in [0, 0.1) is 0 Å². The molecule has 0 saturated carbocycles. The van der Waals surface area contributed by atoms with Gasteiger partial charge in [0.05, 0.1) is 6.61 Å². The molecule has 1 aromatic carbocycles. The largest absolute Gasteiger partial charge is 0.522 e. The summed E-state index contributed by atoms with van der Waals surface area (Å²) in [5, 5.41) is 0. The summed E-state index contributed by atoms with van der Waals surface area (Å²) >= 11 is 0. The monoisotopic (exact) mass is 263 g/mol. The Bertz CT molecular complexity index is 369. The van der Waals surface area contributed by atoms with Crippen LogP contribution in [-0.4, -0.2) is 19.6 Å². The molecule has 0 amide bonds. The van der Waals surface area contributed by atoms with Crippen molar-refractivity contribution in [2.24, 2.45) is 5.73 Å². The molecule has 1 aromatic rings. The highest BCUT2D eigenvalue weighted by molar-refractivity contribution is 5.35. The van der Waals surface area contributed by atoms with Crippen molar-refractivity contribution in [2.45, 2.75) is 25.7 Å². The van der Waals surface area contributed by atoms with Crippen molar-refractivity contribution in [1.29, 1.82) is 0 Å². The molecule has 0 fully saturated rings. The van der Waals surface area contributed by atoms with Crippen LogP contribution in [-0.2, 0) is 4.74 Å². The molecule has 1 unspecified atom stereocenters. The summed E-state index contributed by atoms with van der Waals surface area (Å²) in [5.41, 5.74) is 6.66. The van der Waals surface area contributed by atoms with Crippen LogP contribution in [0.15, 0.2) is 24.3 Å². The Kier molecular flexibility index (Phi) is 5.43. The molecule has 0 aliphatic rings. The zero-order valence-electron chi connectivity index (χ0n) is 10.0. The van der Waals surface area contributed by atoms with Crippen molar-refractivity contribution >= 4 is 0 Å². The molecule has 102 valence electrons. The van der Waals surface area contributed by atoms with Crippen molar-refractivity contribution < 1.29 is 22.6 Å². The normalized spacial score (nSPS) is 13.4. The first-order chi connectivity index (χ1) is 8.44. The number of hydrogen-bond acceptors (Lipinski definition) is 3. The Morgan fingerprint density at radius 3 is 2.50 bits per heavy atom. The second-order valence-electron chi connectivity index (χ2n) is 3.70. The minimum atomic E-state index is -4.62. The Morgan fingerprint density at radius 1 is 1.22 bits per heavy atom. The van der Waals surface area contributed by atoms with Crippen LogP contribution < -0.4 is 10.5 Å². The van der Waals surface area contributed by atoms with Crippen LogP contribution in [0.2, 0.25) is 0 Å². The van der Waals surface area contributed by atoms with E-state index < -0.39 is 13.0 Å². The zero-order chi connectivity index (χ0) is 13.6. The highest BCUT2D eigenvalue weighted by Gasteiger charge is 2.28. The molecule has 0 radical (unpaired) electrons. The molecule has 0 aliphatic heterocycles. The van der Waals surface area contributed by atoms with Gasteiger partial charge in [-0.1, -0.05) is 25.1 Å². The first-order valence-corrected chi connectivity index (χ1v) is 5.62. The van der Waals surface area contributed by atoms with Gasteiger partial charge in [-0.3, -0.25) is 4.74 Å². The minimum Gasteiger partial charge on any atom is -0.491 e. The van der Waals surface area contributed by atoms with Crippen LogP contribution in [0.1, 0.15) is 24.9 Å². The molecule has 0 heterocycles. The van der Waals surface area contributed by atoms with Crippen LogP contribution in [0.25, 0.3) is 0 Å². The van der Waals surface area contributed by atoms with Gasteiger partial charge in [-0.25, -0.2) is 0 Å².